The summed E-state index contributed by atoms with van der Waals surface area (Å²) < 4.78 is 27.8. The van der Waals surface area contributed by atoms with Gasteiger partial charge in [-0.3, -0.25) is 0 Å². The monoisotopic (exact) mass is 421 g/mol. The Hall–Kier alpha value is -2.56. The Morgan fingerprint density at radius 1 is 1.00 bits per heavy atom. The molecule has 0 unspecified atom stereocenters. The lowest BCUT2D eigenvalue weighted by Crippen LogP contribution is -2.13. The lowest BCUT2D eigenvalue weighted by atomic mass is 9.80. The Bertz CT molecular complexity index is 961. The van der Waals surface area contributed by atoms with Gasteiger partial charge in [0, 0.05) is 11.5 Å². The van der Waals surface area contributed by atoms with E-state index in [1.807, 2.05) is 24.3 Å². The van der Waals surface area contributed by atoms with Gasteiger partial charge in [-0.25, -0.2) is 8.78 Å². The van der Waals surface area contributed by atoms with Gasteiger partial charge in [0.1, 0.15) is 17.0 Å². The van der Waals surface area contributed by atoms with E-state index in [1.165, 1.54) is 50.7 Å². The summed E-state index contributed by atoms with van der Waals surface area (Å²) in [7, 11) is 0. The molecule has 2 aromatic rings. The molecule has 2 aromatic carbocycles. The fourth-order valence-corrected chi connectivity index (χ4v) is 4.28. The molecule has 0 atom stereocenters. The molecule has 0 N–H and O–H groups in total. The fourth-order valence-electron chi connectivity index (χ4n) is 3.88. The Morgan fingerprint density at radius 2 is 1.63 bits per heavy atom. The number of hydrogen-bond donors (Lipinski definition) is 0. The van der Waals surface area contributed by atoms with Crippen molar-refractivity contribution in [2.24, 2.45) is 11.8 Å². The van der Waals surface area contributed by atoms with Crippen LogP contribution in [0.4, 0.5) is 8.78 Å². The maximum Gasteiger partial charge on any atom is 0.141 e. The zero-order valence-electron chi connectivity index (χ0n) is 17.1. The Morgan fingerprint density at radius 3 is 2.23 bits per heavy atom. The molecule has 0 saturated heterocycles. The first-order valence-corrected chi connectivity index (χ1v) is 11.3. The van der Waals surface area contributed by atoms with Gasteiger partial charge in [0.25, 0.3) is 0 Å². The smallest absolute Gasteiger partial charge is 0.141 e. The second kappa shape index (κ2) is 11.0. The molecule has 0 amide bonds. The summed E-state index contributed by atoms with van der Waals surface area (Å²) in [4.78, 5) is -0.267. The molecule has 1 saturated carbocycles. The minimum atomic E-state index is -0.726. The van der Waals surface area contributed by atoms with Crippen LogP contribution in [0.15, 0.2) is 41.3 Å². The maximum atomic E-state index is 13.9. The summed E-state index contributed by atoms with van der Waals surface area (Å²) in [6.07, 6.45) is 11.1. The van der Waals surface area contributed by atoms with Gasteiger partial charge in [-0.05, 0) is 78.8 Å². The number of benzene rings is 2. The van der Waals surface area contributed by atoms with Crippen LogP contribution < -0.4 is 0 Å². The van der Waals surface area contributed by atoms with E-state index in [0.29, 0.717) is 23.2 Å². The molecule has 1 fully saturated rings. The topological polar surface area (TPSA) is 23.8 Å². The standard InChI is InChI=1S/C26H25F2NS/c1-2-3-19-4-6-20(7-5-19)8-9-21-10-12-22(13-11-21)14-15-23-16-24(27)26(30-18-29)25(28)17-23/h10-17,19-20H,2-7H2,1H3/b15-14+. The molecule has 0 aliphatic heterocycles. The van der Waals surface area contributed by atoms with Gasteiger partial charge >= 0.3 is 0 Å². The van der Waals surface area contributed by atoms with Gasteiger partial charge < -0.3 is 0 Å². The lowest BCUT2D eigenvalue weighted by molar-refractivity contribution is 0.300. The third-order valence-electron chi connectivity index (χ3n) is 5.51. The number of thioether (sulfide) groups is 1. The highest BCUT2D eigenvalue weighted by Gasteiger charge is 2.18. The average molecular weight is 422 g/mol. The highest BCUT2D eigenvalue weighted by Crippen LogP contribution is 2.31. The third kappa shape index (κ3) is 6.22. The Labute approximate surface area is 182 Å². The zero-order valence-corrected chi connectivity index (χ0v) is 17.9. The SMILES string of the molecule is CCCC1CCC(C#Cc2ccc(/C=C/c3cc(F)c(SC#N)c(F)c3)cc2)CC1. The summed E-state index contributed by atoms with van der Waals surface area (Å²) in [6.45, 7) is 2.26. The molecule has 1 aliphatic rings. The number of thiocyanates is 1. The van der Waals surface area contributed by atoms with Gasteiger partial charge in [-0.2, -0.15) is 5.26 Å². The van der Waals surface area contributed by atoms with E-state index in [2.05, 4.69) is 18.8 Å². The van der Waals surface area contributed by atoms with E-state index < -0.39 is 11.6 Å². The van der Waals surface area contributed by atoms with E-state index in [0.717, 1.165) is 17.0 Å². The largest absolute Gasteiger partial charge is 0.206 e. The summed E-state index contributed by atoms with van der Waals surface area (Å²) in [5, 5.41) is 10.3. The minimum absolute atomic E-state index is 0.267. The summed E-state index contributed by atoms with van der Waals surface area (Å²) >= 11 is 0.489. The average Bonchev–Trinajstić information content (AvgIpc) is 2.75. The van der Waals surface area contributed by atoms with Crippen LogP contribution in [0, 0.1) is 46.0 Å². The van der Waals surface area contributed by atoms with Crippen molar-refractivity contribution < 1.29 is 8.78 Å². The van der Waals surface area contributed by atoms with Crippen LogP contribution in [0.3, 0.4) is 0 Å². The number of hydrogen-bond acceptors (Lipinski definition) is 2. The molecule has 0 heterocycles. The molecule has 0 spiro atoms. The van der Waals surface area contributed by atoms with Crippen LogP contribution in [0.1, 0.15) is 62.1 Å². The van der Waals surface area contributed by atoms with E-state index >= 15 is 0 Å². The second-order valence-corrected chi connectivity index (χ2v) is 8.53. The summed E-state index contributed by atoms with van der Waals surface area (Å²) in [6, 6.07) is 10.3. The summed E-state index contributed by atoms with van der Waals surface area (Å²) in [5.41, 5.74) is 2.32. The predicted molar refractivity (Wildman–Crippen MR) is 120 cm³/mol. The normalized spacial score (nSPS) is 18.6. The van der Waals surface area contributed by atoms with Crippen molar-refractivity contribution in [3.8, 4) is 17.2 Å². The first-order valence-electron chi connectivity index (χ1n) is 10.4. The highest BCUT2D eigenvalue weighted by atomic mass is 32.2. The molecule has 30 heavy (non-hydrogen) atoms. The van der Waals surface area contributed by atoms with Gasteiger partial charge in [0.2, 0.25) is 0 Å². The van der Waals surface area contributed by atoms with Gasteiger partial charge in [-0.1, -0.05) is 55.9 Å². The molecule has 0 aromatic heterocycles. The maximum absolute atomic E-state index is 13.9. The van der Waals surface area contributed by atoms with Gasteiger partial charge in [-0.15, -0.1) is 0 Å². The zero-order chi connectivity index (χ0) is 21.3. The quantitative estimate of drug-likeness (QED) is 0.214. The lowest BCUT2D eigenvalue weighted by Gasteiger charge is -2.25. The van der Waals surface area contributed by atoms with E-state index in [9.17, 15) is 8.78 Å². The van der Waals surface area contributed by atoms with Crippen LogP contribution in [-0.4, -0.2) is 0 Å². The van der Waals surface area contributed by atoms with Crippen molar-refractivity contribution in [2.45, 2.75) is 50.3 Å². The first-order chi connectivity index (χ1) is 14.6. The number of rotatable bonds is 5. The van der Waals surface area contributed by atoms with Crippen LogP contribution in [0.2, 0.25) is 0 Å². The van der Waals surface area contributed by atoms with Gasteiger partial charge in [0.05, 0.1) is 4.90 Å². The van der Waals surface area contributed by atoms with Crippen LogP contribution >= 0.6 is 11.8 Å². The highest BCUT2D eigenvalue weighted by molar-refractivity contribution is 8.03. The van der Waals surface area contributed by atoms with E-state index in [1.54, 1.807) is 17.6 Å². The Kier molecular flexibility index (Phi) is 8.12. The van der Waals surface area contributed by atoms with Crippen molar-refractivity contribution in [3.63, 3.8) is 0 Å². The van der Waals surface area contributed by atoms with Crippen LogP contribution in [0.25, 0.3) is 12.2 Å². The molecular formula is C26H25F2NS. The van der Waals surface area contributed by atoms with Crippen molar-refractivity contribution in [3.05, 3.63) is 64.7 Å². The van der Waals surface area contributed by atoms with Crippen molar-refractivity contribution in [1.29, 1.82) is 5.26 Å². The molecule has 4 heteroatoms. The number of nitrogens with zero attached hydrogens (tertiary/aromatic N) is 1. The Balaban J connectivity index is 1.60. The van der Waals surface area contributed by atoms with Crippen LogP contribution in [-0.2, 0) is 0 Å². The molecule has 0 radical (unpaired) electrons. The summed E-state index contributed by atoms with van der Waals surface area (Å²) in [5.74, 6) is 6.67. The molecule has 1 nitrogen and oxygen atoms in total. The second-order valence-electron chi connectivity index (χ2n) is 7.74. The molecule has 0 bridgehead atoms. The van der Waals surface area contributed by atoms with E-state index in [4.69, 9.17) is 5.26 Å². The molecular weight excluding hydrogens is 396 g/mol. The minimum Gasteiger partial charge on any atom is -0.206 e. The number of nitriles is 1. The van der Waals surface area contributed by atoms with Crippen molar-refractivity contribution >= 4 is 23.9 Å². The van der Waals surface area contributed by atoms with Crippen molar-refractivity contribution in [1.82, 2.24) is 0 Å². The molecule has 1 aliphatic carbocycles. The molecule has 3 rings (SSSR count). The van der Waals surface area contributed by atoms with E-state index in [-0.39, 0.29) is 4.90 Å². The predicted octanol–water partition coefficient (Wildman–Crippen LogP) is 7.67. The third-order valence-corrected chi connectivity index (χ3v) is 6.20. The first kappa shape index (κ1) is 22.1. The van der Waals surface area contributed by atoms with Crippen LogP contribution in [0.5, 0.6) is 0 Å². The number of halogens is 2. The molecule has 154 valence electrons. The van der Waals surface area contributed by atoms with Gasteiger partial charge in [0.15, 0.2) is 0 Å². The fraction of sp³-hybridized carbons (Fsp3) is 0.346. The van der Waals surface area contributed by atoms with Crippen molar-refractivity contribution in [2.75, 3.05) is 0 Å².